The van der Waals surface area contributed by atoms with Gasteiger partial charge in [-0.3, -0.25) is 0 Å². The normalized spacial score (nSPS) is 17.1. The van der Waals surface area contributed by atoms with Gasteiger partial charge in [-0.1, -0.05) is 29.8 Å². The standard InChI is InChI=1S/C26H25ClF4N6O2S/c1-25(2,29)21-15-35(24-32-13-17(28)14-33-24)11-12-36(21)23-22-19(27)5-4-6-20(22)37(34-23)40(38,39)18-9-7-16(8-10-18)26(3,30)31/h4-10,13-14,21H,11-12,15H2,1-3H3/t21-/m1/s1. The van der Waals surface area contributed by atoms with Gasteiger partial charge in [-0.2, -0.15) is 12.5 Å². The van der Waals surface area contributed by atoms with E-state index in [9.17, 15) is 21.6 Å². The fourth-order valence-electron chi connectivity index (χ4n) is 4.76. The van der Waals surface area contributed by atoms with Crippen molar-refractivity contribution in [3.63, 3.8) is 0 Å². The summed E-state index contributed by atoms with van der Waals surface area (Å²) in [6.07, 6.45) is 2.05. The van der Waals surface area contributed by atoms with Gasteiger partial charge in [0.2, 0.25) is 5.95 Å². The van der Waals surface area contributed by atoms with E-state index in [1.165, 1.54) is 19.9 Å². The van der Waals surface area contributed by atoms with Crippen molar-refractivity contribution in [3.8, 4) is 0 Å². The average Bonchev–Trinajstić information content (AvgIpc) is 3.30. The Balaban J connectivity index is 1.60. The summed E-state index contributed by atoms with van der Waals surface area (Å²) in [7, 11) is -4.36. The summed E-state index contributed by atoms with van der Waals surface area (Å²) in [4.78, 5) is 11.1. The van der Waals surface area contributed by atoms with E-state index in [1.807, 2.05) is 0 Å². The highest BCUT2D eigenvalue weighted by atomic mass is 35.5. The molecule has 5 rings (SSSR count). The lowest BCUT2D eigenvalue weighted by atomic mass is 9.96. The highest BCUT2D eigenvalue weighted by Crippen LogP contribution is 2.38. The van der Waals surface area contributed by atoms with Crippen LogP contribution >= 0.6 is 11.6 Å². The monoisotopic (exact) mass is 596 g/mol. The molecule has 1 saturated heterocycles. The lowest BCUT2D eigenvalue weighted by Crippen LogP contribution is -2.60. The highest BCUT2D eigenvalue weighted by Gasteiger charge is 2.42. The Morgan fingerprint density at radius 3 is 2.23 bits per heavy atom. The zero-order valence-electron chi connectivity index (χ0n) is 21.7. The number of fused-ring (bicyclic) bond motifs is 1. The van der Waals surface area contributed by atoms with Crippen molar-refractivity contribution >= 4 is 44.3 Å². The number of hydrogen-bond donors (Lipinski definition) is 0. The molecule has 1 aliphatic heterocycles. The number of halogens is 5. The number of benzene rings is 2. The molecule has 0 N–H and O–H groups in total. The molecule has 1 fully saturated rings. The Morgan fingerprint density at radius 2 is 1.62 bits per heavy atom. The van der Waals surface area contributed by atoms with Crippen LogP contribution in [0.1, 0.15) is 26.3 Å². The van der Waals surface area contributed by atoms with E-state index in [0.29, 0.717) is 11.9 Å². The van der Waals surface area contributed by atoms with Crippen molar-refractivity contribution in [2.45, 2.75) is 43.3 Å². The number of nitrogens with zero attached hydrogens (tertiary/aromatic N) is 6. The second kappa shape index (κ2) is 9.88. The van der Waals surface area contributed by atoms with Crippen molar-refractivity contribution in [1.82, 2.24) is 19.2 Å². The molecule has 212 valence electrons. The Morgan fingerprint density at radius 1 is 0.975 bits per heavy atom. The van der Waals surface area contributed by atoms with E-state index < -0.39 is 33.5 Å². The van der Waals surface area contributed by atoms with Crippen molar-refractivity contribution < 1.29 is 26.0 Å². The Kier molecular flexibility index (Phi) is 6.94. The van der Waals surface area contributed by atoms with Crippen LogP contribution in [0.25, 0.3) is 10.9 Å². The molecule has 40 heavy (non-hydrogen) atoms. The van der Waals surface area contributed by atoms with E-state index in [0.717, 1.165) is 47.7 Å². The smallest absolute Gasteiger partial charge is 0.283 e. The van der Waals surface area contributed by atoms with Crippen LogP contribution in [0.15, 0.2) is 59.8 Å². The molecule has 4 aromatic rings. The minimum absolute atomic E-state index is 0.0907. The molecule has 0 bridgehead atoms. The van der Waals surface area contributed by atoms with E-state index in [-0.39, 0.29) is 45.9 Å². The van der Waals surface area contributed by atoms with Gasteiger partial charge in [-0.15, -0.1) is 5.10 Å². The third-order valence-corrected chi connectivity index (χ3v) is 8.74. The summed E-state index contributed by atoms with van der Waals surface area (Å²) in [6, 6.07) is 8.07. The van der Waals surface area contributed by atoms with Gasteiger partial charge in [0.15, 0.2) is 11.6 Å². The number of aromatic nitrogens is 4. The molecular weight excluding hydrogens is 572 g/mol. The third-order valence-electron chi connectivity index (χ3n) is 6.83. The summed E-state index contributed by atoms with van der Waals surface area (Å²) in [5.74, 6) is -3.37. The molecule has 0 saturated carbocycles. The molecule has 1 aliphatic rings. The van der Waals surface area contributed by atoms with E-state index in [4.69, 9.17) is 11.6 Å². The minimum atomic E-state index is -4.36. The molecule has 0 unspecified atom stereocenters. The summed E-state index contributed by atoms with van der Waals surface area (Å²) in [5.41, 5.74) is -2.00. The van der Waals surface area contributed by atoms with Crippen LogP contribution in [0.2, 0.25) is 5.02 Å². The molecule has 1 atom stereocenters. The Hall–Kier alpha value is -3.45. The van der Waals surface area contributed by atoms with Crippen molar-refractivity contribution in [1.29, 1.82) is 0 Å². The first-order valence-electron chi connectivity index (χ1n) is 12.3. The maximum absolute atomic E-state index is 15.7. The number of piperazine rings is 1. The third kappa shape index (κ3) is 5.07. The number of rotatable bonds is 6. The van der Waals surface area contributed by atoms with Crippen molar-refractivity contribution in [2.24, 2.45) is 0 Å². The summed E-state index contributed by atoms with van der Waals surface area (Å²) >= 11 is 6.55. The zero-order valence-corrected chi connectivity index (χ0v) is 23.3. The predicted molar refractivity (Wildman–Crippen MR) is 144 cm³/mol. The average molecular weight is 597 g/mol. The van der Waals surface area contributed by atoms with E-state index in [2.05, 4.69) is 15.1 Å². The number of hydrogen-bond acceptors (Lipinski definition) is 7. The van der Waals surface area contributed by atoms with E-state index in [1.54, 1.807) is 21.9 Å². The van der Waals surface area contributed by atoms with E-state index >= 15 is 4.39 Å². The fraction of sp³-hybridized carbons (Fsp3) is 0.346. The van der Waals surface area contributed by atoms with Crippen LogP contribution in [0.4, 0.5) is 29.3 Å². The Bertz CT molecular complexity index is 1650. The van der Waals surface area contributed by atoms with Gasteiger partial charge in [0.25, 0.3) is 15.9 Å². The zero-order chi connectivity index (χ0) is 29.0. The summed E-state index contributed by atoms with van der Waals surface area (Å²) in [6.45, 7) is 4.08. The van der Waals surface area contributed by atoms with Gasteiger partial charge in [0.05, 0.1) is 39.3 Å². The Labute approximate surface area is 233 Å². The molecule has 14 heteroatoms. The lowest BCUT2D eigenvalue weighted by Gasteiger charge is -2.45. The highest BCUT2D eigenvalue weighted by molar-refractivity contribution is 7.90. The van der Waals surface area contributed by atoms with Crippen LogP contribution in [0, 0.1) is 5.82 Å². The van der Waals surface area contributed by atoms with Gasteiger partial charge in [0.1, 0.15) is 5.67 Å². The predicted octanol–water partition coefficient (Wildman–Crippen LogP) is 5.41. The first-order chi connectivity index (χ1) is 18.7. The first-order valence-corrected chi connectivity index (χ1v) is 14.1. The summed E-state index contributed by atoms with van der Waals surface area (Å²) in [5, 5.41) is 4.92. The van der Waals surface area contributed by atoms with Crippen molar-refractivity contribution in [3.05, 3.63) is 71.3 Å². The van der Waals surface area contributed by atoms with Crippen LogP contribution in [-0.4, -0.2) is 58.9 Å². The van der Waals surface area contributed by atoms with Gasteiger partial charge in [0, 0.05) is 32.1 Å². The lowest BCUT2D eigenvalue weighted by molar-refractivity contribution is 0.0174. The maximum Gasteiger partial charge on any atom is 0.283 e. The van der Waals surface area contributed by atoms with Crippen LogP contribution in [-0.2, 0) is 15.9 Å². The minimum Gasteiger partial charge on any atom is -0.345 e. The van der Waals surface area contributed by atoms with Crippen LogP contribution in [0.3, 0.4) is 0 Å². The molecule has 3 heterocycles. The largest absolute Gasteiger partial charge is 0.345 e. The van der Waals surface area contributed by atoms with Crippen LogP contribution in [0.5, 0.6) is 0 Å². The molecule has 2 aromatic carbocycles. The van der Waals surface area contributed by atoms with Crippen LogP contribution < -0.4 is 9.80 Å². The van der Waals surface area contributed by atoms with Gasteiger partial charge in [-0.25, -0.2) is 27.5 Å². The second-order valence-electron chi connectivity index (χ2n) is 10.1. The van der Waals surface area contributed by atoms with Gasteiger partial charge in [-0.05, 0) is 38.1 Å². The molecule has 0 radical (unpaired) electrons. The fourth-order valence-corrected chi connectivity index (χ4v) is 6.29. The van der Waals surface area contributed by atoms with Gasteiger partial charge >= 0.3 is 0 Å². The molecule has 0 spiro atoms. The first kappa shape index (κ1) is 28.1. The molecule has 0 amide bonds. The second-order valence-corrected chi connectivity index (χ2v) is 12.3. The SMILES string of the molecule is CC(F)(F)c1ccc(S(=O)(=O)n2nc(N3CCN(c4ncc(F)cn4)C[C@@H]3C(C)(C)F)c3c(Cl)cccc32)cc1. The molecular formula is C26H25ClF4N6O2S. The number of anilines is 2. The molecule has 2 aromatic heterocycles. The van der Waals surface area contributed by atoms with Crippen molar-refractivity contribution in [2.75, 3.05) is 29.4 Å². The quantitative estimate of drug-likeness (QED) is 0.275. The number of alkyl halides is 3. The van der Waals surface area contributed by atoms with Gasteiger partial charge < -0.3 is 9.80 Å². The summed E-state index contributed by atoms with van der Waals surface area (Å²) < 4.78 is 84.6. The topological polar surface area (TPSA) is 84.2 Å². The molecule has 0 aliphatic carbocycles. The molecule has 8 nitrogen and oxygen atoms in total. The maximum atomic E-state index is 15.7.